The molecule has 1 amide bonds. The fourth-order valence-corrected chi connectivity index (χ4v) is 7.63. The zero-order valence-corrected chi connectivity index (χ0v) is 23.8. The third-order valence-corrected chi connectivity index (χ3v) is 9.67. The molecule has 0 spiro atoms. The molecular formula is C34H34N4OS. The molecule has 202 valence electrons. The van der Waals surface area contributed by atoms with Crippen molar-refractivity contribution in [1.82, 2.24) is 14.9 Å². The predicted molar refractivity (Wildman–Crippen MR) is 165 cm³/mol. The number of benzene rings is 3. The van der Waals surface area contributed by atoms with Crippen molar-refractivity contribution in [3.8, 4) is 0 Å². The molecule has 7 rings (SSSR count). The second kappa shape index (κ2) is 10.7. The maximum Gasteiger partial charge on any atom is 0.253 e. The zero-order valence-electron chi connectivity index (χ0n) is 23.0. The first-order chi connectivity index (χ1) is 19.6. The van der Waals surface area contributed by atoms with Gasteiger partial charge in [-0.1, -0.05) is 67.6 Å². The Morgan fingerprint density at radius 3 is 2.50 bits per heavy atom. The summed E-state index contributed by atoms with van der Waals surface area (Å²) in [5.74, 6) is 2.84. The fraction of sp³-hybridized carbons (Fsp3) is 0.324. The van der Waals surface area contributed by atoms with Gasteiger partial charge >= 0.3 is 0 Å². The first-order valence-corrected chi connectivity index (χ1v) is 15.3. The first kappa shape index (κ1) is 25.2. The van der Waals surface area contributed by atoms with Gasteiger partial charge in [-0.15, -0.1) is 11.3 Å². The Balaban J connectivity index is 1.15. The summed E-state index contributed by atoms with van der Waals surface area (Å²) < 4.78 is 0. The van der Waals surface area contributed by atoms with E-state index in [1.807, 2.05) is 46.6 Å². The second-order valence-corrected chi connectivity index (χ2v) is 12.4. The van der Waals surface area contributed by atoms with Crippen molar-refractivity contribution >= 4 is 44.1 Å². The number of carbonyl (C=O) groups is 1. The Morgan fingerprint density at radius 2 is 1.68 bits per heavy atom. The van der Waals surface area contributed by atoms with E-state index in [1.54, 1.807) is 0 Å². The minimum Gasteiger partial charge on any atom is -0.352 e. The van der Waals surface area contributed by atoms with Gasteiger partial charge in [-0.2, -0.15) is 0 Å². The number of piperazine rings is 1. The van der Waals surface area contributed by atoms with Gasteiger partial charge in [-0.25, -0.2) is 9.97 Å². The van der Waals surface area contributed by atoms with E-state index in [0.717, 1.165) is 77.5 Å². The van der Waals surface area contributed by atoms with Crippen molar-refractivity contribution in [1.29, 1.82) is 0 Å². The van der Waals surface area contributed by atoms with Gasteiger partial charge in [0.1, 0.15) is 16.5 Å². The van der Waals surface area contributed by atoms with Crippen molar-refractivity contribution in [2.75, 3.05) is 31.1 Å². The van der Waals surface area contributed by atoms with Crippen LogP contribution in [-0.2, 0) is 25.7 Å². The molecule has 1 aliphatic carbocycles. The van der Waals surface area contributed by atoms with Crippen molar-refractivity contribution in [2.24, 2.45) is 5.92 Å². The molecule has 0 saturated carbocycles. The summed E-state index contributed by atoms with van der Waals surface area (Å²) in [5.41, 5.74) is 3.55. The van der Waals surface area contributed by atoms with Crippen LogP contribution in [0.4, 0.5) is 5.82 Å². The molecule has 1 atom stereocenters. The smallest absolute Gasteiger partial charge is 0.253 e. The minimum absolute atomic E-state index is 0.115. The molecule has 0 radical (unpaired) electrons. The number of thiophene rings is 1. The number of hydrogen-bond donors (Lipinski definition) is 0. The monoisotopic (exact) mass is 546 g/mol. The van der Waals surface area contributed by atoms with E-state index in [1.165, 1.54) is 27.8 Å². The summed E-state index contributed by atoms with van der Waals surface area (Å²) in [6.07, 6.45) is 5.23. The summed E-state index contributed by atoms with van der Waals surface area (Å²) in [5, 5.41) is 3.54. The quantitative estimate of drug-likeness (QED) is 0.246. The van der Waals surface area contributed by atoms with E-state index >= 15 is 0 Å². The van der Waals surface area contributed by atoms with Gasteiger partial charge in [-0.05, 0) is 65.6 Å². The number of nitrogens with zero attached hydrogens (tertiary/aromatic N) is 4. The molecule has 1 aliphatic heterocycles. The van der Waals surface area contributed by atoms with Crippen LogP contribution in [-0.4, -0.2) is 47.0 Å². The molecule has 1 unspecified atom stereocenters. The molecule has 1 saturated heterocycles. The number of aryl methyl sites for hydroxylation is 3. The number of carbonyl (C=O) groups excluding carboxylic acids is 1. The Morgan fingerprint density at radius 1 is 0.900 bits per heavy atom. The maximum absolute atomic E-state index is 13.4. The van der Waals surface area contributed by atoms with Crippen LogP contribution in [0.15, 0.2) is 72.8 Å². The topological polar surface area (TPSA) is 49.3 Å². The number of hydrogen-bond acceptors (Lipinski definition) is 5. The van der Waals surface area contributed by atoms with E-state index in [9.17, 15) is 4.79 Å². The average Bonchev–Trinajstić information content (AvgIpc) is 3.37. The molecule has 3 aromatic carbocycles. The van der Waals surface area contributed by atoms with E-state index in [-0.39, 0.29) is 5.91 Å². The SMILES string of the molecule is CC1CCc2c(sc3nc(CCc4ccccc4)nc(N4CCN(C(=O)c5ccc6ccccc6c5)CC4)c23)C1. The molecule has 2 aromatic heterocycles. The second-order valence-electron chi connectivity index (χ2n) is 11.3. The van der Waals surface area contributed by atoms with Gasteiger partial charge in [0, 0.05) is 43.0 Å². The lowest BCUT2D eigenvalue weighted by Crippen LogP contribution is -2.49. The standard InChI is InChI=1S/C34H34N4OS/c1-23-11-15-28-29(21-23)40-33-31(28)32(35-30(36-33)16-12-24-7-3-2-4-8-24)37-17-19-38(20-18-37)34(39)27-14-13-25-9-5-6-10-26(25)22-27/h2-10,13-14,22-23H,11-12,15-21H2,1H3. The third kappa shape index (κ3) is 4.86. The number of fused-ring (bicyclic) bond motifs is 4. The normalized spacial score (nSPS) is 17.4. The number of rotatable bonds is 5. The summed E-state index contributed by atoms with van der Waals surface area (Å²) in [4.78, 5) is 30.8. The Kier molecular flexibility index (Phi) is 6.72. The molecule has 0 N–H and O–H groups in total. The van der Waals surface area contributed by atoms with Gasteiger partial charge in [-0.3, -0.25) is 4.79 Å². The van der Waals surface area contributed by atoms with Crippen molar-refractivity contribution in [3.63, 3.8) is 0 Å². The maximum atomic E-state index is 13.4. The molecule has 2 aliphatic rings. The molecular weight excluding hydrogens is 512 g/mol. The highest BCUT2D eigenvalue weighted by atomic mass is 32.1. The largest absolute Gasteiger partial charge is 0.352 e. The molecule has 40 heavy (non-hydrogen) atoms. The Bertz CT molecular complexity index is 1690. The fourth-order valence-electron chi connectivity index (χ4n) is 6.23. The molecule has 5 nitrogen and oxygen atoms in total. The average molecular weight is 547 g/mol. The molecule has 5 aromatic rings. The van der Waals surface area contributed by atoms with Crippen LogP contribution in [0.5, 0.6) is 0 Å². The summed E-state index contributed by atoms with van der Waals surface area (Å²) in [7, 11) is 0. The molecule has 0 bridgehead atoms. The Labute approximate surface area is 239 Å². The van der Waals surface area contributed by atoms with E-state index in [2.05, 4.69) is 54.3 Å². The van der Waals surface area contributed by atoms with Crippen LogP contribution >= 0.6 is 11.3 Å². The highest BCUT2D eigenvalue weighted by Crippen LogP contribution is 2.41. The summed E-state index contributed by atoms with van der Waals surface area (Å²) in [6, 6.07) is 24.9. The van der Waals surface area contributed by atoms with Crippen molar-refractivity contribution in [2.45, 2.75) is 39.0 Å². The lowest BCUT2D eigenvalue weighted by Gasteiger charge is -2.36. The van der Waals surface area contributed by atoms with Crippen LogP contribution in [0.3, 0.4) is 0 Å². The lowest BCUT2D eigenvalue weighted by atomic mass is 9.89. The van der Waals surface area contributed by atoms with Gasteiger partial charge < -0.3 is 9.80 Å². The molecule has 1 fully saturated rings. The van der Waals surface area contributed by atoms with Gasteiger partial charge in [0.25, 0.3) is 5.91 Å². The van der Waals surface area contributed by atoms with Crippen LogP contribution in [0, 0.1) is 5.92 Å². The number of aromatic nitrogens is 2. The highest BCUT2D eigenvalue weighted by Gasteiger charge is 2.29. The van der Waals surface area contributed by atoms with E-state index in [0.29, 0.717) is 13.1 Å². The van der Waals surface area contributed by atoms with Crippen LogP contribution in [0.1, 0.15) is 45.5 Å². The third-order valence-electron chi connectivity index (χ3n) is 8.53. The molecule has 6 heteroatoms. The summed E-state index contributed by atoms with van der Waals surface area (Å²) >= 11 is 1.88. The van der Waals surface area contributed by atoms with E-state index < -0.39 is 0 Å². The number of amides is 1. The predicted octanol–water partition coefficient (Wildman–Crippen LogP) is 6.72. The lowest BCUT2D eigenvalue weighted by molar-refractivity contribution is 0.0746. The van der Waals surface area contributed by atoms with E-state index in [4.69, 9.17) is 9.97 Å². The molecule has 3 heterocycles. The van der Waals surface area contributed by atoms with Crippen LogP contribution in [0.2, 0.25) is 0 Å². The van der Waals surface area contributed by atoms with Gasteiger partial charge in [0.15, 0.2) is 0 Å². The first-order valence-electron chi connectivity index (χ1n) is 14.5. The minimum atomic E-state index is 0.115. The Hall–Kier alpha value is -3.77. The van der Waals surface area contributed by atoms with Crippen molar-refractivity contribution in [3.05, 3.63) is 100 Å². The zero-order chi connectivity index (χ0) is 27.1. The van der Waals surface area contributed by atoms with Gasteiger partial charge in [0.2, 0.25) is 0 Å². The highest BCUT2D eigenvalue weighted by molar-refractivity contribution is 7.19. The summed E-state index contributed by atoms with van der Waals surface area (Å²) in [6.45, 7) is 5.31. The van der Waals surface area contributed by atoms with Crippen LogP contribution < -0.4 is 4.90 Å². The van der Waals surface area contributed by atoms with Crippen molar-refractivity contribution < 1.29 is 4.79 Å². The van der Waals surface area contributed by atoms with Gasteiger partial charge in [0.05, 0.1) is 5.39 Å². The van der Waals surface area contributed by atoms with Crippen LogP contribution in [0.25, 0.3) is 21.0 Å². The number of anilines is 1.